The second-order valence-corrected chi connectivity index (χ2v) is 3.89. The van der Waals surface area contributed by atoms with Crippen molar-refractivity contribution in [2.24, 2.45) is 17.6 Å². The number of hydrogen-bond donors (Lipinski definition) is 1. The molecule has 0 spiro atoms. The van der Waals surface area contributed by atoms with Gasteiger partial charge in [-0.15, -0.1) is 0 Å². The van der Waals surface area contributed by atoms with Gasteiger partial charge >= 0.3 is 6.18 Å². The first-order valence-electron chi connectivity index (χ1n) is 4.53. The molecule has 0 heterocycles. The number of hydrogen-bond acceptors (Lipinski definition) is 1. The number of nitrogens with two attached hydrogens (primary N) is 1. The third kappa shape index (κ3) is 2.16. The van der Waals surface area contributed by atoms with Crippen molar-refractivity contribution in [3.63, 3.8) is 0 Å². The number of halogens is 3. The Balaban J connectivity index is 4.96. The van der Waals surface area contributed by atoms with Crippen LogP contribution in [0.15, 0.2) is 0 Å². The van der Waals surface area contributed by atoms with Crippen LogP contribution in [-0.2, 0) is 0 Å². The molecule has 0 aromatic carbocycles. The Morgan fingerprint density at radius 1 is 1.15 bits per heavy atom. The van der Waals surface area contributed by atoms with E-state index in [-0.39, 0.29) is 0 Å². The zero-order chi connectivity index (χ0) is 10.9. The molecule has 0 amide bonds. The zero-order valence-corrected chi connectivity index (χ0v) is 8.57. The monoisotopic (exact) mass is 197 g/mol. The normalized spacial score (nSPS) is 20.1. The van der Waals surface area contributed by atoms with Gasteiger partial charge in [-0.1, -0.05) is 34.1 Å². The summed E-state index contributed by atoms with van der Waals surface area (Å²) in [6, 6.07) is 0. The molecule has 0 aromatic rings. The summed E-state index contributed by atoms with van der Waals surface area (Å²) in [6.07, 6.45) is -3.88. The van der Waals surface area contributed by atoms with Crippen LogP contribution in [0.25, 0.3) is 0 Å². The van der Waals surface area contributed by atoms with Crippen LogP contribution in [0.4, 0.5) is 13.2 Å². The molecule has 2 atom stereocenters. The topological polar surface area (TPSA) is 26.0 Å². The van der Waals surface area contributed by atoms with Gasteiger partial charge in [0.05, 0.1) is 0 Å². The Bertz CT molecular complexity index is 165. The van der Waals surface area contributed by atoms with Crippen LogP contribution in [0.5, 0.6) is 0 Å². The summed E-state index contributed by atoms with van der Waals surface area (Å²) in [5.74, 6) is -1.14. The Kier molecular flexibility index (Phi) is 3.79. The van der Waals surface area contributed by atoms with Gasteiger partial charge in [0.25, 0.3) is 0 Å². The molecule has 80 valence electrons. The summed E-state index contributed by atoms with van der Waals surface area (Å²) in [5.41, 5.74) is 3.39. The fourth-order valence-corrected chi connectivity index (χ4v) is 1.51. The molecule has 0 aliphatic rings. The lowest BCUT2D eigenvalue weighted by Crippen LogP contribution is -2.61. The first-order valence-corrected chi connectivity index (χ1v) is 4.53. The van der Waals surface area contributed by atoms with Crippen molar-refractivity contribution in [1.82, 2.24) is 0 Å². The Morgan fingerprint density at radius 2 is 1.54 bits per heavy atom. The lowest BCUT2D eigenvalue weighted by molar-refractivity contribution is -0.213. The van der Waals surface area contributed by atoms with Gasteiger partial charge < -0.3 is 5.73 Å². The highest BCUT2D eigenvalue weighted by molar-refractivity contribution is 4.98. The minimum atomic E-state index is -4.32. The van der Waals surface area contributed by atoms with E-state index >= 15 is 0 Å². The second kappa shape index (κ2) is 3.86. The van der Waals surface area contributed by atoms with Crippen LogP contribution in [0.2, 0.25) is 0 Å². The predicted molar refractivity (Wildman–Crippen MR) is 47.3 cm³/mol. The predicted octanol–water partition coefficient (Wildman–Crippen LogP) is 2.95. The highest BCUT2D eigenvalue weighted by atomic mass is 19.4. The van der Waals surface area contributed by atoms with Crippen molar-refractivity contribution in [1.29, 1.82) is 0 Å². The van der Waals surface area contributed by atoms with Gasteiger partial charge in [-0.25, -0.2) is 0 Å². The minimum absolute atomic E-state index is 0.439. The van der Waals surface area contributed by atoms with Gasteiger partial charge in [0, 0.05) is 0 Å². The quantitative estimate of drug-likeness (QED) is 0.739. The van der Waals surface area contributed by atoms with Crippen LogP contribution < -0.4 is 5.73 Å². The highest BCUT2D eigenvalue weighted by Gasteiger charge is 2.56. The molecule has 0 aliphatic carbocycles. The fraction of sp³-hybridized carbons (Fsp3) is 1.00. The van der Waals surface area contributed by atoms with E-state index in [1.165, 1.54) is 13.8 Å². The van der Waals surface area contributed by atoms with E-state index < -0.39 is 23.6 Å². The molecule has 1 nitrogen and oxygen atoms in total. The maximum Gasteiger partial charge on any atom is 0.406 e. The largest absolute Gasteiger partial charge is 0.406 e. The van der Waals surface area contributed by atoms with Crippen molar-refractivity contribution in [2.45, 2.75) is 45.8 Å². The van der Waals surface area contributed by atoms with Crippen molar-refractivity contribution in [2.75, 3.05) is 0 Å². The third-order valence-corrected chi connectivity index (χ3v) is 2.87. The smallest absolute Gasteiger partial charge is 0.317 e. The van der Waals surface area contributed by atoms with E-state index in [1.54, 1.807) is 13.8 Å². The average Bonchev–Trinajstić information content (AvgIpc) is 1.98. The standard InChI is InChI=1S/C9H18F3N/c1-5-7(4)8(13,6(2)3)9(10,11)12/h6-7H,5,13H2,1-4H3. The Hall–Kier alpha value is -0.250. The van der Waals surface area contributed by atoms with Gasteiger partial charge in [-0.2, -0.15) is 13.2 Å². The maximum absolute atomic E-state index is 12.7. The Morgan fingerprint density at radius 3 is 1.62 bits per heavy atom. The molecule has 0 aliphatic heterocycles. The molecule has 4 heteroatoms. The summed E-state index contributed by atoms with van der Waals surface area (Å²) in [6.45, 7) is 6.30. The molecule has 0 rings (SSSR count). The van der Waals surface area contributed by atoms with Crippen LogP contribution in [0, 0.1) is 11.8 Å². The van der Waals surface area contributed by atoms with Crippen LogP contribution in [0.3, 0.4) is 0 Å². The fourth-order valence-electron chi connectivity index (χ4n) is 1.51. The molecule has 0 radical (unpaired) electrons. The SMILES string of the molecule is CCC(C)C(N)(C(C)C)C(F)(F)F. The van der Waals surface area contributed by atoms with E-state index in [9.17, 15) is 13.2 Å². The lowest BCUT2D eigenvalue weighted by atomic mass is 9.75. The molecular weight excluding hydrogens is 179 g/mol. The van der Waals surface area contributed by atoms with E-state index in [0.717, 1.165) is 0 Å². The number of rotatable bonds is 3. The molecule has 0 bridgehead atoms. The molecule has 0 fully saturated rings. The first-order chi connectivity index (χ1) is 5.67. The van der Waals surface area contributed by atoms with Gasteiger partial charge in [0.15, 0.2) is 0 Å². The zero-order valence-electron chi connectivity index (χ0n) is 8.57. The summed E-state index contributed by atoms with van der Waals surface area (Å²) < 4.78 is 38.0. The van der Waals surface area contributed by atoms with Crippen molar-refractivity contribution in [3.8, 4) is 0 Å². The summed E-state index contributed by atoms with van der Waals surface area (Å²) in [5, 5.41) is 0. The first kappa shape index (κ1) is 12.8. The van der Waals surface area contributed by atoms with Crippen molar-refractivity contribution >= 4 is 0 Å². The Labute approximate surface area is 77.5 Å². The molecule has 2 unspecified atom stereocenters. The molecule has 2 N–H and O–H groups in total. The molecule has 0 saturated carbocycles. The number of alkyl halides is 3. The maximum atomic E-state index is 12.7. The van der Waals surface area contributed by atoms with Gasteiger partial charge in [-0.05, 0) is 11.8 Å². The van der Waals surface area contributed by atoms with Crippen LogP contribution >= 0.6 is 0 Å². The third-order valence-electron chi connectivity index (χ3n) is 2.87. The second-order valence-electron chi connectivity index (χ2n) is 3.89. The van der Waals surface area contributed by atoms with E-state index in [2.05, 4.69) is 0 Å². The van der Waals surface area contributed by atoms with Gasteiger partial charge in [0.2, 0.25) is 0 Å². The summed E-state index contributed by atoms with van der Waals surface area (Å²) >= 11 is 0. The van der Waals surface area contributed by atoms with E-state index in [1.807, 2.05) is 0 Å². The molecule has 0 aromatic heterocycles. The van der Waals surface area contributed by atoms with E-state index in [4.69, 9.17) is 5.73 Å². The minimum Gasteiger partial charge on any atom is -0.317 e. The van der Waals surface area contributed by atoms with Crippen LogP contribution in [0.1, 0.15) is 34.1 Å². The molecule has 13 heavy (non-hydrogen) atoms. The van der Waals surface area contributed by atoms with Crippen LogP contribution in [-0.4, -0.2) is 11.7 Å². The summed E-state index contributed by atoms with van der Waals surface area (Å²) in [7, 11) is 0. The highest BCUT2D eigenvalue weighted by Crippen LogP contribution is 2.40. The van der Waals surface area contributed by atoms with Crippen molar-refractivity contribution < 1.29 is 13.2 Å². The lowest BCUT2D eigenvalue weighted by Gasteiger charge is -2.40. The van der Waals surface area contributed by atoms with Gasteiger partial charge in [0.1, 0.15) is 5.54 Å². The van der Waals surface area contributed by atoms with Gasteiger partial charge in [-0.3, -0.25) is 0 Å². The summed E-state index contributed by atoms with van der Waals surface area (Å²) in [4.78, 5) is 0. The molecule has 0 saturated heterocycles. The molecular formula is C9H18F3N. The van der Waals surface area contributed by atoms with Crippen molar-refractivity contribution in [3.05, 3.63) is 0 Å². The average molecular weight is 197 g/mol. The van der Waals surface area contributed by atoms with E-state index in [0.29, 0.717) is 6.42 Å².